The van der Waals surface area contributed by atoms with Gasteiger partial charge in [0.2, 0.25) is 10.0 Å². The zero-order chi connectivity index (χ0) is 17.0. The number of ether oxygens (including phenoxy) is 1. The van der Waals surface area contributed by atoms with E-state index in [1.54, 1.807) is 0 Å². The highest BCUT2D eigenvalue weighted by atomic mass is 127. The Morgan fingerprint density at radius 1 is 1.46 bits per heavy atom. The van der Waals surface area contributed by atoms with Crippen molar-refractivity contribution < 1.29 is 41.9 Å². The summed E-state index contributed by atoms with van der Waals surface area (Å²) in [5, 5.41) is 8.55. The van der Waals surface area contributed by atoms with Crippen LogP contribution in [0.1, 0.15) is 30.1 Å². The van der Waals surface area contributed by atoms with Gasteiger partial charge in [0.05, 0.1) is 24.1 Å². The van der Waals surface area contributed by atoms with Gasteiger partial charge in [0.1, 0.15) is 22.5 Å². The van der Waals surface area contributed by atoms with E-state index in [9.17, 15) is 13.2 Å². The Kier molecular flexibility index (Phi) is 8.30. The Hall–Kier alpha value is -0.520. The van der Waals surface area contributed by atoms with Gasteiger partial charge in [-0.1, -0.05) is 0 Å². The molecular formula is C15H23IN2O4S2. The number of sulfonamides is 1. The number of methoxy groups -OCH3 is 1. The predicted octanol–water partition coefficient (Wildman–Crippen LogP) is -2.12. The molecule has 1 aliphatic heterocycles. The van der Waals surface area contributed by atoms with Gasteiger partial charge in [-0.05, 0) is 42.4 Å². The number of hydrogen-bond acceptors (Lipinski definition) is 4. The normalized spacial score (nSPS) is 20.3. The molecule has 2 atom stereocenters. The van der Waals surface area contributed by atoms with Crippen LogP contribution in [0.15, 0.2) is 23.1 Å². The predicted molar refractivity (Wildman–Crippen MR) is 92.5 cm³/mol. The van der Waals surface area contributed by atoms with E-state index in [1.165, 1.54) is 37.5 Å². The quantitative estimate of drug-likeness (QED) is 0.355. The molecule has 2 unspecified atom stereocenters. The average Bonchev–Trinajstić information content (AvgIpc) is 2.98. The fourth-order valence-corrected chi connectivity index (χ4v) is 5.76. The van der Waals surface area contributed by atoms with Crippen LogP contribution >= 0.6 is 0 Å². The van der Waals surface area contributed by atoms with Crippen molar-refractivity contribution in [3.63, 3.8) is 0 Å². The molecule has 3 N–H and O–H groups in total. The number of halogens is 1. The zero-order valence-corrected chi connectivity index (χ0v) is 17.5. The smallest absolute Gasteiger partial charge is 0.255 e. The van der Waals surface area contributed by atoms with Crippen LogP contribution in [-0.4, -0.2) is 44.7 Å². The van der Waals surface area contributed by atoms with Gasteiger partial charge >= 0.3 is 0 Å². The van der Waals surface area contributed by atoms with Crippen molar-refractivity contribution in [1.29, 1.82) is 0 Å². The fourth-order valence-electron chi connectivity index (χ4n) is 2.77. The largest absolute Gasteiger partial charge is 1.00 e. The molecule has 0 saturated carbocycles. The van der Waals surface area contributed by atoms with E-state index in [2.05, 4.69) is 12.2 Å². The molecule has 0 bridgehead atoms. The van der Waals surface area contributed by atoms with Crippen molar-refractivity contribution in [3.8, 4) is 5.75 Å². The van der Waals surface area contributed by atoms with Crippen molar-refractivity contribution in [1.82, 2.24) is 5.32 Å². The molecule has 0 aliphatic carbocycles. The van der Waals surface area contributed by atoms with Gasteiger partial charge < -0.3 is 34.0 Å². The second-order valence-electron chi connectivity index (χ2n) is 5.41. The molecule has 24 heavy (non-hydrogen) atoms. The van der Waals surface area contributed by atoms with E-state index < -0.39 is 10.0 Å². The molecule has 1 aliphatic rings. The number of nitrogens with two attached hydrogens (primary N) is 1. The first-order valence-corrected chi connectivity index (χ1v) is 10.7. The highest BCUT2D eigenvalue weighted by molar-refractivity contribution is 7.97. The number of primary sulfonamides is 1. The molecular weight excluding hydrogens is 463 g/mol. The van der Waals surface area contributed by atoms with Crippen LogP contribution in [0, 0.1) is 0 Å². The lowest BCUT2D eigenvalue weighted by atomic mass is 10.2. The van der Waals surface area contributed by atoms with Crippen molar-refractivity contribution >= 4 is 26.8 Å². The minimum Gasteiger partial charge on any atom is -1.00 e. The Bertz CT molecular complexity index is 682. The Morgan fingerprint density at radius 3 is 2.75 bits per heavy atom. The minimum atomic E-state index is -3.86. The van der Waals surface area contributed by atoms with Gasteiger partial charge in [-0.15, -0.1) is 0 Å². The molecule has 136 valence electrons. The number of nitrogens with one attached hydrogen (secondary N) is 1. The van der Waals surface area contributed by atoms with E-state index in [1.807, 2.05) is 0 Å². The van der Waals surface area contributed by atoms with Gasteiger partial charge in [-0.3, -0.25) is 4.79 Å². The third-order valence-electron chi connectivity index (χ3n) is 4.01. The summed E-state index contributed by atoms with van der Waals surface area (Å²) in [6.45, 7) is 2.79. The molecule has 0 spiro atoms. The Balaban J connectivity index is 0.00000288. The van der Waals surface area contributed by atoms with Crippen molar-refractivity contribution in [2.75, 3.05) is 25.2 Å². The van der Waals surface area contributed by atoms with Gasteiger partial charge in [-0.25, -0.2) is 13.6 Å². The third kappa shape index (κ3) is 5.24. The van der Waals surface area contributed by atoms with Crippen LogP contribution in [0.4, 0.5) is 0 Å². The summed E-state index contributed by atoms with van der Waals surface area (Å²) in [6.07, 6.45) is 2.34. The molecule has 2 rings (SSSR count). The summed E-state index contributed by atoms with van der Waals surface area (Å²) < 4.78 is 28.1. The molecule has 1 fully saturated rings. The first kappa shape index (κ1) is 21.5. The number of hydrogen-bond donors (Lipinski definition) is 2. The van der Waals surface area contributed by atoms with Gasteiger partial charge in [0.25, 0.3) is 5.91 Å². The molecule has 0 radical (unpaired) electrons. The summed E-state index contributed by atoms with van der Waals surface area (Å²) in [4.78, 5) is 12.3. The molecule has 6 nitrogen and oxygen atoms in total. The second-order valence-corrected chi connectivity index (χ2v) is 9.70. The highest BCUT2D eigenvalue weighted by Gasteiger charge is 2.34. The summed E-state index contributed by atoms with van der Waals surface area (Å²) in [5.41, 5.74) is 0.188. The maximum atomic E-state index is 12.4. The van der Waals surface area contributed by atoms with Gasteiger partial charge in [0, 0.05) is 6.42 Å². The van der Waals surface area contributed by atoms with E-state index in [4.69, 9.17) is 9.88 Å². The third-order valence-corrected chi connectivity index (χ3v) is 7.82. The Labute approximate surface area is 163 Å². The number of benzene rings is 1. The van der Waals surface area contributed by atoms with Crippen LogP contribution in [0.25, 0.3) is 0 Å². The number of carbonyl (C=O) groups is 1. The van der Waals surface area contributed by atoms with E-state index in [0.29, 0.717) is 28.4 Å². The molecule has 1 heterocycles. The van der Waals surface area contributed by atoms with Crippen LogP contribution in [0.3, 0.4) is 0 Å². The molecule has 0 aromatic heterocycles. The average molecular weight is 486 g/mol. The topological polar surface area (TPSA) is 98.5 Å². The van der Waals surface area contributed by atoms with Crippen LogP contribution < -0.4 is 39.2 Å². The first-order valence-electron chi connectivity index (χ1n) is 7.52. The molecule has 1 aromatic carbocycles. The maximum Gasteiger partial charge on any atom is 0.255 e. The summed E-state index contributed by atoms with van der Waals surface area (Å²) in [5.74, 6) is 2.38. The number of carbonyl (C=O) groups excluding carboxylic acids is 1. The standard InChI is InChI=1S/C15H22N2O4S2.HI/c1-3-22-8-4-5-11(22)10-17-15(18)13-9-12(23(16,19)20)6-7-14(13)21-2;/h6-7,9,11H,3-5,8,10H2,1-2H3,(H2-,16,17,18,19,20);1H. The van der Waals surface area contributed by atoms with Crippen LogP contribution in [0.2, 0.25) is 0 Å². The second kappa shape index (κ2) is 9.25. The van der Waals surface area contributed by atoms with Gasteiger partial charge in [-0.2, -0.15) is 0 Å². The maximum absolute atomic E-state index is 12.4. The molecule has 9 heteroatoms. The van der Waals surface area contributed by atoms with Crippen molar-refractivity contribution in [3.05, 3.63) is 23.8 Å². The lowest BCUT2D eigenvalue weighted by Gasteiger charge is -2.13. The fraction of sp³-hybridized carbons (Fsp3) is 0.533. The lowest BCUT2D eigenvalue weighted by molar-refractivity contribution is -0.0000163. The first-order chi connectivity index (χ1) is 10.9. The van der Waals surface area contributed by atoms with Gasteiger partial charge in [0.15, 0.2) is 0 Å². The van der Waals surface area contributed by atoms with Crippen molar-refractivity contribution in [2.24, 2.45) is 5.14 Å². The summed E-state index contributed by atoms with van der Waals surface area (Å²) in [7, 11) is -2.05. The Morgan fingerprint density at radius 2 is 2.17 bits per heavy atom. The van der Waals surface area contributed by atoms with Crippen LogP contribution in [-0.2, 0) is 20.9 Å². The van der Waals surface area contributed by atoms with E-state index >= 15 is 0 Å². The monoisotopic (exact) mass is 486 g/mol. The molecule has 1 amide bonds. The SMILES string of the molecule is CC[S+]1CCCC1CNC(=O)c1cc(S(N)(=O)=O)ccc1OC.[I-]. The summed E-state index contributed by atoms with van der Waals surface area (Å²) in [6, 6.07) is 4.04. The zero-order valence-electron chi connectivity index (χ0n) is 13.7. The number of amides is 1. The van der Waals surface area contributed by atoms with E-state index in [0.717, 1.165) is 12.2 Å². The molecule has 1 aromatic rings. The lowest BCUT2D eigenvalue weighted by Crippen LogP contribution is -3.00. The summed E-state index contributed by atoms with van der Waals surface area (Å²) >= 11 is 0. The van der Waals surface area contributed by atoms with Crippen LogP contribution in [0.5, 0.6) is 5.75 Å². The minimum absolute atomic E-state index is 0. The molecule has 1 saturated heterocycles. The van der Waals surface area contributed by atoms with E-state index in [-0.39, 0.29) is 40.3 Å². The highest BCUT2D eigenvalue weighted by Crippen LogP contribution is 2.24. The number of rotatable bonds is 6. The van der Waals surface area contributed by atoms with Crippen molar-refractivity contribution in [2.45, 2.75) is 29.9 Å².